The second kappa shape index (κ2) is 8.81. The topological polar surface area (TPSA) is 133 Å². The van der Waals surface area contributed by atoms with E-state index in [0.29, 0.717) is 31.6 Å². The largest absolute Gasteiger partial charge is 0.478 e. The number of carboxylic acids is 1. The van der Waals surface area contributed by atoms with Gasteiger partial charge in [-0.3, -0.25) is 14.4 Å². The summed E-state index contributed by atoms with van der Waals surface area (Å²) in [6.07, 6.45) is 4.33. The van der Waals surface area contributed by atoms with Gasteiger partial charge in [-0.25, -0.2) is 13.2 Å². The molecule has 0 aliphatic carbocycles. The first-order chi connectivity index (χ1) is 14.2. The highest BCUT2D eigenvalue weighted by molar-refractivity contribution is 7.92. The average molecular weight is 439 g/mol. The summed E-state index contributed by atoms with van der Waals surface area (Å²) >= 11 is 0. The number of amides is 1. The first-order valence-electron chi connectivity index (χ1n) is 10.4. The van der Waals surface area contributed by atoms with Gasteiger partial charge in [-0.05, 0) is 63.9 Å². The van der Waals surface area contributed by atoms with Gasteiger partial charge in [0.2, 0.25) is 15.9 Å². The van der Waals surface area contributed by atoms with E-state index in [0.717, 1.165) is 32.4 Å². The van der Waals surface area contributed by atoms with Crippen molar-refractivity contribution in [3.8, 4) is 0 Å². The third-order valence-corrected chi connectivity index (χ3v) is 7.54. The number of piperidine rings is 2. The number of aromatic carboxylic acids is 1. The summed E-state index contributed by atoms with van der Waals surface area (Å²) in [5.74, 6) is -1.55. The van der Waals surface area contributed by atoms with Gasteiger partial charge in [0.05, 0.1) is 17.0 Å². The van der Waals surface area contributed by atoms with E-state index in [1.54, 1.807) is 12.1 Å². The number of sulfonamides is 1. The fraction of sp³-hybridized carbons (Fsp3) is 0.600. The molecule has 0 bridgehead atoms. The lowest BCUT2D eigenvalue weighted by molar-refractivity contribution is -0.132. The molecule has 1 amide bonds. The Kier molecular flexibility index (Phi) is 6.56. The molecular weight excluding hydrogens is 408 g/mol. The number of rotatable bonds is 7. The number of nitrogens with zero attached hydrogens (tertiary/aromatic N) is 2. The lowest BCUT2D eigenvalue weighted by Gasteiger charge is -2.48. The van der Waals surface area contributed by atoms with Crippen LogP contribution in [0.2, 0.25) is 0 Å². The summed E-state index contributed by atoms with van der Waals surface area (Å²) in [6, 6.07) is 4.52. The number of hydrogen-bond donors (Lipinski definition) is 3. The minimum Gasteiger partial charge on any atom is -0.478 e. The van der Waals surface area contributed by atoms with Crippen molar-refractivity contribution in [2.75, 3.05) is 41.6 Å². The number of carbonyl (C=O) groups excluding carboxylic acids is 1. The third kappa shape index (κ3) is 4.54. The molecule has 30 heavy (non-hydrogen) atoms. The van der Waals surface area contributed by atoms with Gasteiger partial charge in [-0.2, -0.15) is 0 Å². The molecule has 4 N–H and O–H groups in total. The number of nitrogens with one attached hydrogen (secondary N) is 1. The molecule has 1 aromatic carbocycles. The summed E-state index contributed by atoms with van der Waals surface area (Å²) in [4.78, 5) is 28.4. The highest BCUT2D eigenvalue weighted by Crippen LogP contribution is 2.35. The van der Waals surface area contributed by atoms with Crippen LogP contribution in [0.1, 0.15) is 49.4 Å². The lowest BCUT2D eigenvalue weighted by Crippen LogP contribution is -2.63. The molecule has 3 rings (SSSR count). The minimum atomic E-state index is -3.50. The number of anilines is 2. The average Bonchev–Trinajstić information content (AvgIpc) is 2.74. The zero-order chi connectivity index (χ0) is 21.9. The Morgan fingerprint density at radius 1 is 1.13 bits per heavy atom. The van der Waals surface area contributed by atoms with Crippen LogP contribution in [0.15, 0.2) is 18.2 Å². The molecule has 2 fully saturated rings. The lowest BCUT2D eigenvalue weighted by atomic mass is 9.83. The predicted molar refractivity (Wildman–Crippen MR) is 115 cm³/mol. The Hall–Kier alpha value is -2.33. The van der Waals surface area contributed by atoms with E-state index in [4.69, 9.17) is 5.73 Å². The fourth-order valence-corrected chi connectivity index (χ4v) is 5.09. The van der Waals surface area contributed by atoms with E-state index < -0.39 is 21.5 Å². The molecular formula is C20H30N4O5S. The van der Waals surface area contributed by atoms with Crippen molar-refractivity contribution in [3.05, 3.63) is 23.8 Å². The van der Waals surface area contributed by atoms with Crippen LogP contribution in [0.4, 0.5) is 11.4 Å². The summed E-state index contributed by atoms with van der Waals surface area (Å²) in [7, 11) is -3.50. The van der Waals surface area contributed by atoms with Crippen molar-refractivity contribution >= 4 is 33.3 Å². The summed E-state index contributed by atoms with van der Waals surface area (Å²) in [5, 5.41) is 9.68. The molecule has 166 valence electrons. The van der Waals surface area contributed by atoms with Crippen LogP contribution in [0.25, 0.3) is 0 Å². The molecule has 9 nitrogen and oxygen atoms in total. The van der Waals surface area contributed by atoms with Gasteiger partial charge in [-0.1, -0.05) is 6.42 Å². The molecule has 2 saturated heterocycles. The molecule has 0 unspecified atom stereocenters. The first kappa shape index (κ1) is 22.4. The number of benzene rings is 1. The molecule has 2 aliphatic rings. The zero-order valence-corrected chi connectivity index (χ0v) is 18.1. The van der Waals surface area contributed by atoms with Crippen molar-refractivity contribution in [3.63, 3.8) is 0 Å². The van der Waals surface area contributed by atoms with E-state index in [2.05, 4.69) is 9.62 Å². The van der Waals surface area contributed by atoms with Crippen LogP contribution in [0.5, 0.6) is 0 Å². The Labute approximate surface area is 177 Å². The number of likely N-dealkylation sites (tertiary alicyclic amines) is 1. The smallest absolute Gasteiger partial charge is 0.337 e. The van der Waals surface area contributed by atoms with Gasteiger partial charge in [0.25, 0.3) is 0 Å². The Morgan fingerprint density at radius 2 is 1.77 bits per heavy atom. The van der Waals surface area contributed by atoms with Gasteiger partial charge in [0.15, 0.2) is 0 Å². The van der Waals surface area contributed by atoms with E-state index >= 15 is 0 Å². The normalized spacial score (nSPS) is 20.0. The number of carboxylic acid groups (broad SMARTS) is 1. The van der Waals surface area contributed by atoms with E-state index in [1.165, 1.54) is 13.0 Å². The van der Waals surface area contributed by atoms with Gasteiger partial charge >= 0.3 is 5.97 Å². The monoisotopic (exact) mass is 438 g/mol. The highest BCUT2D eigenvalue weighted by Gasteiger charge is 2.45. The van der Waals surface area contributed by atoms with Crippen LogP contribution in [0, 0.1) is 0 Å². The van der Waals surface area contributed by atoms with E-state index in [-0.39, 0.29) is 22.9 Å². The number of primary amides is 1. The molecule has 2 heterocycles. The fourth-order valence-electron chi connectivity index (χ4n) is 4.46. The Bertz CT molecular complexity index is 904. The molecule has 0 spiro atoms. The molecule has 10 heteroatoms. The van der Waals surface area contributed by atoms with Crippen molar-refractivity contribution in [1.29, 1.82) is 0 Å². The quantitative estimate of drug-likeness (QED) is 0.587. The van der Waals surface area contributed by atoms with Gasteiger partial charge in [-0.15, -0.1) is 0 Å². The predicted octanol–water partition coefficient (Wildman–Crippen LogP) is 1.46. The Morgan fingerprint density at radius 3 is 2.30 bits per heavy atom. The maximum absolute atomic E-state index is 12.4. The molecule has 0 aromatic heterocycles. The SMILES string of the molecule is CCS(=O)(=O)Nc1ccc(N2CCC(C(N)=O)(N3CCCCC3)CC2)c(C(=O)O)c1. The van der Waals surface area contributed by atoms with E-state index in [1.807, 2.05) is 4.90 Å². The molecule has 0 atom stereocenters. The maximum atomic E-state index is 12.4. The third-order valence-electron chi connectivity index (χ3n) is 6.23. The van der Waals surface area contributed by atoms with Gasteiger partial charge < -0.3 is 15.7 Å². The minimum absolute atomic E-state index is 0.0239. The molecule has 1 aromatic rings. The summed E-state index contributed by atoms with van der Waals surface area (Å²) in [6.45, 7) is 4.22. The first-order valence-corrected chi connectivity index (χ1v) is 12.0. The van der Waals surface area contributed by atoms with Crippen molar-refractivity contribution < 1.29 is 23.1 Å². The summed E-state index contributed by atoms with van der Waals surface area (Å²) < 4.78 is 26.0. The van der Waals surface area contributed by atoms with Crippen molar-refractivity contribution in [2.24, 2.45) is 5.73 Å². The Balaban J connectivity index is 1.81. The van der Waals surface area contributed by atoms with Crippen molar-refractivity contribution in [1.82, 2.24) is 4.90 Å². The van der Waals surface area contributed by atoms with Crippen LogP contribution in [-0.2, 0) is 14.8 Å². The number of nitrogens with two attached hydrogens (primary N) is 1. The zero-order valence-electron chi connectivity index (χ0n) is 17.3. The van der Waals surface area contributed by atoms with Crippen LogP contribution in [-0.4, -0.2) is 67.8 Å². The van der Waals surface area contributed by atoms with Gasteiger partial charge in [0, 0.05) is 18.8 Å². The van der Waals surface area contributed by atoms with Crippen molar-refractivity contribution in [2.45, 2.75) is 44.6 Å². The molecule has 0 radical (unpaired) electrons. The van der Waals surface area contributed by atoms with E-state index in [9.17, 15) is 23.1 Å². The second-order valence-corrected chi connectivity index (χ2v) is 9.98. The van der Waals surface area contributed by atoms with Gasteiger partial charge in [0.1, 0.15) is 5.54 Å². The maximum Gasteiger partial charge on any atom is 0.337 e. The van der Waals surface area contributed by atoms with Crippen LogP contribution in [0.3, 0.4) is 0 Å². The number of carbonyl (C=O) groups is 2. The molecule has 2 aliphatic heterocycles. The standard InChI is InChI=1S/C20H30N4O5S/c1-2-30(28,29)22-15-6-7-17(16(14-15)18(25)26)23-12-8-20(9-13-23,19(21)27)24-10-4-3-5-11-24/h6-7,14,22H,2-5,8-13H2,1H3,(H2,21,27)(H,25,26). The number of hydrogen-bond acceptors (Lipinski definition) is 6. The second-order valence-electron chi connectivity index (χ2n) is 7.97. The van der Waals surface area contributed by atoms with Crippen LogP contribution >= 0.6 is 0 Å². The molecule has 0 saturated carbocycles. The summed E-state index contributed by atoms with van der Waals surface area (Å²) in [5.41, 5.74) is 5.90. The highest BCUT2D eigenvalue weighted by atomic mass is 32.2. The van der Waals surface area contributed by atoms with Crippen LogP contribution < -0.4 is 15.4 Å².